The smallest absolute Gasteiger partial charge is 0.0712 e. The van der Waals surface area contributed by atoms with E-state index in [4.69, 9.17) is 0 Å². The molecule has 1 fully saturated rings. The third-order valence-electron chi connectivity index (χ3n) is 1.67. The molecule has 0 radical (unpaired) electrons. The summed E-state index contributed by atoms with van der Waals surface area (Å²) in [7, 11) is 2.92. The zero-order valence-corrected chi connectivity index (χ0v) is 7.06. The van der Waals surface area contributed by atoms with Crippen molar-refractivity contribution in [3.63, 3.8) is 0 Å². The Morgan fingerprint density at radius 2 is 0.800 bits per heavy atom. The summed E-state index contributed by atoms with van der Waals surface area (Å²) in [4.78, 5) is 8.08. The normalized spacial score (nSPS) is 17.4. The molecule has 1 aliphatic rings. The first kappa shape index (κ1) is 9.92. The summed E-state index contributed by atoms with van der Waals surface area (Å²) in [6, 6.07) is 0. The number of rotatable bonds is 1. The average molecular weight is 146 g/mol. The molecule has 1 aliphatic carbocycles. The Morgan fingerprint density at radius 3 is 0.900 bits per heavy atom. The molecule has 1 rings (SSSR count). The van der Waals surface area contributed by atoms with E-state index in [-0.39, 0.29) is 0 Å². The van der Waals surface area contributed by atoms with E-state index in [1.165, 1.54) is 52.7 Å². The lowest BCUT2D eigenvalue weighted by molar-refractivity contribution is -0.248. The molecule has 0 aliphatic heterocycles. The summed E-state index contributed by atoms with van der Waals surface area (Å²) in [5.41, 5.74) is 0. The summed E-state index contributed by atoms with van der Waals surface area (Å²) in [5.74, 6) is 0. The first-order valence-corrected chi connectivity index (χ1v) is 3.98. The SMILES string of the molecule is C1CCCCC1.COOC. The van der Waals surface area contributed by atoms with E-state index >= 15 is 0 Å². The maximum atomic E-state index is 4.04. The lowest BCUT2D eigenvalue weighted by Gasteiger charge is -2.05. The van der Waals surface area contributed by atoms with E-state index in [1.807, 2.05) is 0 Å². The number of hydrogen-bond acceptors (Lipinski definition) is 2. The molecule has 62 valence electrons. The molecule has 1 saturated carbocycles. The van der Waals surface area contributed by atoms with E-state index in [9.17, 15) is 0 Å². The molecule has 0 spiro atoms. The van der Waals surface area contributed by atoms with Crippen LogP contribution in [0.5, 0.6) is 0 Å². The van der Waals surface area contributed by atoms with E-state index < -0.39 is 0 Å². The fourth-order valence-electron chi connectivity index (χ4n) is 1.06. The van der Waals surface area contributed by atoms with Gasteiger partial charge in [-0.15, -0.1) is 0 Å². The van der Waals surface area contributed by atoms with E-state index in [0.29, 0.717) is 0 Å². The highest BCUT2D eigenvalue weighted by Gasteiger charge is 1.95. The van der Waals surface area contributed by atoms with Crippen LogP contribution in [0.25, 0.3) is 0 Å². The second-order valence-electron chi connectivity index (χ2n) is 2.45. The van der Waals surface area contributed by atoms with Crippen LogP contribution in [0.2, 0.25) is 0 Å². The van der Waals surface area contributed by atoms with Crippen molar-refractivity contribution in [2.75, 3.05) is 14.2 Å². The molecule has 0 saturated heterocycles. The van der Waals surface area contributed by atoms with Gasteiger partial charge in [0.25, 0.3) is 0 Å². The molecule has 0 N–H and O–H groups in total. The quantitative estimate of drug-likeness (QED) is 0.418. The van der Waals surface area contributed by atoms with Gasteiger partial charge in [0, 0.05) is 0 Å². The predicted octanol–water partition coefficient (Wildman–Crippen LogP) is 2.53. The number of hydrogen-bond donors (Lipinski definition) is 0. The van der Waals surface area contributed by atoms with Crippen LogP contribution in [0.15, 0.2) is 0 Å². The van der Waals surface area contributed by atoms with Gasteiger partial charge in [0.1, 0.15) is 0 Å². The van der Waals surface area contributed by atoms with Crippen molar-refractivity contribution in [1.82, 2.24) is 0 Å². The molecule has 2 heteroatoms. The molecule has 0 aromatic heterocycles. The predicted molar refractivity (Wildman–Crippen MR) is 41.7 cm³/mol. The fraction of sp³-hybridized carbons (Fsp3) is 1.00. The van der Waals surface area contributed by atoms with Gasteiger partial charge >= 0.3 is 0 Å². The Labute approximate surface area is 63.5 Å². The third-order valence-corrected chi connectivity index (χ3v) is 1.67. The Morgan fingerprint density at radius 1 is 0.600 bits per heavy atom. The highest BCUT2D eigenvalue weighted by atomic mass is 17.2. The Kier molecular flexibility index (Phi) is 8.85. The lowest BCUT2D eigenvalue weighted by Crippen LogP contribution is -1.85. The Hall–Kier alpha value is -0.0800. The minimum absolute atomic E-state index is 1.46. The summed E-state index contributed by atoms with van der Waals surface area (Å²) in [5, 5.41) is 0. The fourth-order valence-corrected chi connectivity index (χ4v) is 1.06. The monoisotopic (exact) mass is 146 g/mol. The first-order chi connectivity index (χ1) is 4.91. The summed E-state index contributed by atoms with van der Waals surface area (Å²) in [6.45, 7) is 0. The molecule has 0 heterocycles. The molecule has 0 aromatic carbocycles. The van der Waals surface area contributed by atoms with Gasteiger partial charge < -0.3 is 0 Å². The van der Waals surface area contributed by atoms with Crippen molar-refractivity contribution >= 4 is 0 Å². The van der Waals surface area contributed by atoms with Crippen molar-refractivity contribution in [1.29, 1.82) is 0 Å². The van der Waals surface area contributed by atoms with Crippen molar-refractivity contribution < 1.29 is 9.78 Å². The summed E-state index contributed by atoms with van der Waals surface area (Å²) < 4.78 is 0. The second-order valence-corrected chi connectivity index (χ2v) is 2.45. The van der Waals surface area contributed by atoms with Crippen molar-refractivity contribution in [2.45, 2.75) is 38.5 Å². The van der Waals surface area contributed by atoms with E-state index in [0.717, 1.165) is 0 Å². The maximum absolute atomic E-state index is 4.04. The molecular formula is C8H18O2. The van der Waals surface area contributed by atoms with Crippen LogP contribution in [-0.4, -0.2) is 14.2 Å². The van der Waals surface area contributed by atoms with Crippen LogP contribution in [0.4, 0.5) is 0 Å². The molecule has 0 amide bonds. The molecule has 0 bridgehead atoms. The molecule has 0 aromatic rings. The van der Waals surface area contributed by atoms with Crippen molar-refractivity contribution in [2.24, 2.45) is 0 Å². The van der Waals surface area contributed by atoms with Gasteiger partial charge in [0.05, 0.1) is 14.2 Å². The largest absolute Gasteiger partial charge is 0.240 e. The van der Waals surface area contributed by atoms with Crippen molar-refractivity contribution in [3.05, 3.63) is 0 Å². The summed E-state index contributed by atoms with van der Waals surface area (Å²) in [6.07, 6.45) is 9.00. The van der Waals surface area contributed by atoms with Crippen molar-refractivity contribution in [3.8, 4) is 0 Å². The molecule has 10 heavy (non-hydrogen) atoms. The van der Waals surface area contributed by atoms with Crippen LogP contribution in [0.1, 0.15) is 38.5 Å². The van der Waals surface area contributed by atoms with Crippen LogP contribution in [0.3, 0.4) is 0 Å². The highest BCUT2D eigenvalue weighted by molar-refractivity contribution is 4.51. The minimum Gasteiger partial charge on any atom is -0.240 e. The Bertz CT molecular complexity index is 37.7. The molecule has 0 atom stereocenters. The van der Waals surface area contributed by atoms with Gasteiger partial charge in [-0.3, -0.25) is 0 Å². The van der Waals surface area contributed by atoms with Crippen LogP contribution >= 0.6 is 0 Å². The van der Waals surface area contributed by atoms with Crippen LogP contribution < -0.4 is 0 Å². The van der Waals surface area contributed by atoms with Gasteiger partial charge in [-0.2, -0.15) is 0 Å². The zero-order valence-electron chi connectivity index (χ0n) is 7.06. The minimum atomic E-state index is 1.46. The van der Waals surface area contributed by atoms with Gasteiger partial charge in [-0.25, -0.2) is 9.78 Å². The second kappa shape index (κ2) is 8.92. The first-order valence-electron chi connectivity index (χ1n) is 3.98. The van der Waals surface area contributed by atoms with Gasteiger partial charge in [0.2, 0.25) is 0 Å². The third kappa shape index (κ3) is 7.92. The maximum Gasteiger partial charge on any atom is 0.0712 e. The molecule has 2 nitrogen and oxygen atoms in total. The van der Waals surface area contributed by atoms with Gasteiger partial charge in [-0.05, 0) is 0 Å². The standard InChI is InChI=1S/C6H12.C2H6O2/c1-2-4-6-5-3-1;1-3-4-2/h1-6H2;1-2H3. The van der Waals surface area contributed by atoms with Crippen LogP contribution in [-0.2, 0) is 9.78 Å². The zero-order chi connectivity index (χ0) is 7.66. The topological polar surface area (TPSA) is 18.5 Å². The summed E-state index contributed by atoms with van der Waals surface area (Å²) >= 11 is 0. The van der Waals surface area contributed by atoms with E-state index in [2.05, 4.69) is 9.78 Å². The van der Waals surface area contributed by atoms with Gasteiger partial charge in [0.15, 0.2) is 0 Å². The average Bonchev–Trinajstić information content (AvgIpc) is 2.08. The van der Waals surface area contributed by atoms with Gasteiger partial charge in [-0.1, -0.05) is 38.5 Å². The molecular weight excluding hydrogens is 128 g/mol. The molecule has 0 unspecified atom stereocenters. The lowest BCUT2D eigenvalue weighted by atomic mass is 10.0. The highest BCUT2D eigenvalue weighted by Crippen LogP contribution is 2.15. The van der Waals surface area contributed by atoms with Crippen LogP contribution in [0, 0.1) is 0 Å². The Balaban J connectivity index is 0.000000180. The van der Waals surface area contributed by atoms with E-state index in [1.54, 1.807) is 0 Å².